The van der Waals surface area contributed by atoms with E-state index < -0.39 is 0 Å². The largest absolute Gasteiger partial charge is 0.343 e. The highest BCUT2D eigenvalue weighted by molar-refractivity contribution is 6.21. The van der Waals surface area contributed by atoms with Crippen molar-refractivity contribution in [2.75, 3.05) is 7.05 Å². The van der Waals surface area contributed by atoms with Crippen LogP contribution >= 0.6 is 11.6 Å². The van der Waals surface area contributed by atoms with Gasteiger partial charge in [0.15, 0.2) is 5.62 Å². The van der Waals surface area contributed by atoms with Gasteiger partial charge in [-0.25, -0.2) is 0 Å². The fourth-order valence-electron chi connectivity index (χ4n) is 2.77. The summed E-state index contributed by atoms with van der Waals surface area (Å²) in [6.45, 7) is 0. The molecule has 0 radical (unpaired) electrons. The van der Waals surface area contributed by atoms with Crippen molar-refractivity contribution in [2.24, 2.45) is 4.99 Å². The number of rotatable bonds is 1. The number of alkyl halides is 1. The Hall–Kier alpha value is -1.28. The van der Waals surface area contributed by atoms with Gasteiger partial charge in [0, 0.05) is 24.9 Å². The standard InChI is InChI=1S/C14H15ClN2/c1-17-13-11(9-16-14(17)15)7-8-12(13)10-5-3-2-4-6-10/h2-6,9,12,14H,7-8H2,1H3. The maximum Gasteiger partial charge on any atom is 0.197 e. The summed E-state index contributed by atoms with van der Waals surface area (Å²) >= 11 is 6.18. The molecule has 2 atom stereocenters. The second-order valence-electron chi connectivity index (χ2n) is 4.61. The summed E-state index contributed by atoms with van der Waals surface area (Å²) in [6.07, 6.45) is 4.22. The molecule has 1 heterocycles. The van der Waals surface area contributed by atoms with E-state index in [2.05, 4.69) is 40.2 Å². The summed E-state index contributed by atoms with van der Waals surface area (Å²) in [5.41, 5.74) is 3.83. The summed E-state index contributed by atoms with van der Waals surface area (Å²) in [4.78, 5) is 6.39. The van der Waals surface area contributed by atoms with E-state index in [0.29, 0.717) is 5.92 Å². The number of hydrogen-bond acceptors (Lipinski definition) is 2. The van der Waals surface area contributed by atoms with Crippen LogP contribution in [0.5, 0.6) is 0 Å². The summed E-state index contributed by atoms with van der Waals surface area (Å²) in [6, 6.07) is 10.7. The SMILES string of the molecule is CN1C2=C(C=NC1Cl)CCC2c1ccccc1. The van der Waals surface area contributed by atoms with Gasteiger partial charge < -0.3 is 4.90 Å². The molecule has 2 unspecified atom stereocenters. The van der Waals surface area contributed by atoms with Crippen LogP contribution in [0.15, 0.2) is 46.6 Å². The summed E-state index contributed by atoms with van der Waals surface area (Å²) in [5.74, 6) is 0.476. The molecule has 1 aliphatic carbocycles. The zero-order valence-electron chi connectivity index (χ0n) is 9.81. The maximum atomic E-state index is 6.18. The lowest BCUT2D eigenvalue weighted by Gasteiger charge is -2.31. The molecule has 0 fully saturated rings. The minimum absolute atomic E-state index is 0.252. The second kappa shape index (κ2) is 4.19. The Morgan fingerprint density at radius 3 is 2.82 bits per heavy atom. The third-order valence-corrected chi connectivity index (χ3v) is 4.02. The molecule has 17 heavy (non-hydrogen) atoms. The molecular formula is C14H15ClN2. The average molecular weight is 247 g/mol. The molecule has 88 valence electrons. The molecular weight excluding hydrogens is 232 g/mol. The van der Waals surface area contributed by atoms with Crippen LogP contribution < -0.4 is 0 Å². The quantitative estimate of drug-likeness (QED) is 0.548. The number of halogens is 1. The van der Waals surface area contributed by atoms with Crippen LogP contribution in [0.3, 0.4) is 0 Å². The van der Waals surface area contributed by atoms with Crippen molar-refractivity contribution in [3.8, 4) is 0 Å². The van der Waals surface area contributed by atoms with Crippen molar-refractivity contribution >= 4 is 17.8 Å². The first kappa shape index (κ1) is 10.8. The lowest BCUT2D eigenvalue weighted by atomic mass is 9.95. The zero-order chi connectivity index (χ0) is 11.8. The molecule has 3 heteroatoms. The van der Waals surface area contributed by atoms with Gasteiger partial charge in [-0.2, -0.15) is 0 Å². The zero-order valence-corrected chi connectivity index (χ0v) is 10.6. The molecule has 2 nitrogen and oxygen atoms in total. The minimum Gasteiger partial charge on any atom is -0.343 e. The van der Waals surface area contributed by atoms with Gasteiger partial charge in [-0.05, 0) is 24.0 Å². The van der Waals surface area contributed by atoms with Gasteiger partial charge in [-0.15, -0.1) is 0 Å². The van der Waals surface area contributed by atoms with Gasteiger partial charge in [0.05, 0.1) is 0 Å². The number of allylic oxidation sites excluding steroid dienone is 2. The fraction of sp³-hybridized carbons (Fsp3) is 0.357. The number of nitrogens with zero attached hydrogens (tertiary/aromatic N) is 2. The highest BCUT2D eigenvalue weighted by Crippen LogP contribution is 2.42. The Balaban J connectivity index is 1.99. The molecule has 2 aliphatic rings. The number of aliphatic imine (C=N–C) groups is 1. The van der Waals surface area contributed by atoms with Gasteiger partial charge >= 0.3 is 0 Å². The third-order valence-electron chi connectivity index (χ3n) is 3.62. The van der Waals surface area contributed by atoms with E-state index in [1.807, 2.05) is 13.3 Å². The van der Waals surface area contributed by atoms with Crippen molar-refractivity contribution in [2.45, 2.75) is 24.4 Å². The Morgan fingerprint density at radius 1 is 1.29 bits per heavy atom. The van der Waals surface area contributed by atoms with Crippen LogP contribution in [-0.2, 0) is 0 Å². The van der Waals surface area contributed by atoms with Gasteiger partial charge in [0.1, 0.15) is 0 Å². The molecule has 0 saturated heterocycles. The number of likely N-dealkylation sites (N-methyl/N-ethyl adjacent to an activating group) is 1. The van der Waals surface area contributed by atoms with E-state index in [1.54, 1.807) is 0 Å². The van der Waals surface area contributed by atoms with Crippen LogP contribution in [0.1, 0.15) is 24.3 Å². The lowest BCUT2D eigenvalue weighted by Crippen LogP contribution is -2.30. The van der Waals surface area contributed by atoms with E-state index in [-0.39, 0.29) is 5.62 Å². The van der Waals surface area contributed by atoms with Crippen molar-refractivity contribution in [1.29, 1.82) is 0 Å². The molecule has 0 amide bonds. The molecule has 1 aromatic rings. The smallest absolute Gasteiger partial charge is 0.197 e. The fourth-order valence-corrected chi connectivity index (χ4v) is 2.93. The predicted molar refractivity (Wildman–Crippen MR) is 71.3 cm³/mol. The van der Waals surface area contributed by atoms with Gasteiger partial charge in [-0.3, -0.25) is 4.99 Å². The van der Waals surface area contributed by atoms with Crippen molar-refractivity contribution in [3.63, 3.8) is 0 Å². The third kappa shape index (κ3) is 1.77. The molecule has 3 rings (SSSR count). The first-order valence-corrected chi connectivity index (χ1v) is 6.39. The monoisotopic (exact) mass is 246 g/mol. The predicted octanol–water partition coefficient (Wildman–Crippen LogP) is 3.36. The highest BCUT2D eigenvalue weighted by atomic mass is 35.5. The van der Waals surface area contributed by atoms with Crippen LogP contribution in [0.4, 0.5) is 0 Å². The molecule has 0 N–H and O–H groups in total. The van der Waals surface area contributed by atoms with Crippen molar-refractivity contribution in [3.05, 3.63) is 47.2 Å². The van der Waals surface area contributed by atoms with E-state index in [9.17, 15) is 0 Å². The molecule has 1 aliphatic heterocycles. The van der Waals surface area contributed by atoms with Crippen molar-refractivity contribution in [1.82, 2.24) is 4.90 Å². The van der Waals surface area contributed by atoms with Gasteiger partial charge in [-0.1, -0.05) is 41.9 Å². The minimum atomic E-state index is -0.252. The summed E-state index contributed by atoms with van der Waals surface area (Å²) in [5, 5.41) is 0. The van der Waals surface area contributed by atoms with E-state index in [4.69, 9.17) is 11.6 Å². The Kier molecular flexibility index (Phi) is 2.67. The van der Waals surface area contributed by atoms with Gasteiger partial charge in [0.2, 0.25) is 0 Å². The van der Waals surface area contributed by atoms with E-state index >= 15 is 0 Å². The highest BCUT2D eigenvalue weighted by Gasteiger charge is 2.32. The van der Waals surface area contributed by atoms with E-state index in [1.165, 1.54) is 16.8 Å². The number of benzene rings is 1. The topological polar surface area (TPSA) is 15.6 Å². The Bertz CT molecular complexity index is 478. The summed E-state index contributed by atoms with van der Waals surface area (Å²) in [7, 11) is 2.03. The maximum absolute atomic E-state index is 6.18. The van der Waals surface area contributed by atoms with Crippen LogP contribution in [0.2, 0.25) is 0 Å². The molecule has 0 saturated carbocycles. The Morgan fingerprint density at radius 2 is 2.06 bits per heavy atom. The Labute approximate surface area is 107 Å². The molecule has 0 bridgehead atoms. The first-order chi connectivity index (χ1) is 8.27. The first-order valence-electron chi connectivity index (χ1n) is 5.95. The van der Waals surface area contributed by atoms with Crippen LogP contribution in [-0.4, -0.2) is 23.8 Å². The second-order valence-corrected chi connectivity index (χ2v) is 5.00. The average Bonchev–Trinajstić information content (AvgIpc) is 2.79. The summed E-state index contributed by atoms with van der Waals surface area (Å²) < 4.78 is 0. The van der Waals surface area contributed by atoms with Crippen LogP contribution in [0.25, 0.3) is 0 Å². The number of hydrogen-bond donors (Lipinski definition) is 0. The normalized spacial score (nSPS) is 27.5. The van der Waals surface area contributed by atoms with Crippen LogP contribution in [0, 0.1) is 0 Å². The molecule has 0 aromatic heterocycles. The van der Waals surface area contributed by atoms with Gasteiger partial charge in [0.25, 0.3) is 0 Å². The van der Waals surface area contributed by atoms with Crippen molar-refractivity contribution < 1.29 is 0 Å². The molecule has 0 spiro atoms. The van der Waals surface area contributed by atoms with E-state index in [0.717, 1.165) is 12.8 Å². The lowest BCUT2D eigenvalue weighted by molar-refractivity contribution is 0.366. The molecule has 1 aromatic carbocycles.